The minimum atomic E-state index is -4.80. The van der Waals surface area contributed by atoms with Crippen molar-refractivity contribution in [1.82, 2.24) is 0 Å². The molecule has 2 aromatic rings. The Kier molecular flexibility index (Phi) is 3.20. The average Bonchev–Trinajstić information content (AvgIpc) is 2.98. The van der Waals surface area contributed by atoms with Gasteiger partial charge < -0.3 is 14.3 Å². The van der Waals surface area contributed by atoms with E-state index in [-0.39, 0.29) is 11.3 Å². The van der Waals surface area contributed by atoms with Crippen LogP contribution in [0.4, 0.5) is 13.2 Å². The summed E-state index contributed by atoms with van der Waals surface area (Å²) in [6.45, 7) is 0. The predicted octanol–water partition coefficient (Wildman–Crippen LogP) is 3.74. The summed E-state index contributed by atoms with van der Waals surface area (Å²) in [7, 11) is 0. The fourth-order valence-electron chi connectivity index (χ4n) is 2.22. The van der Waals surface area contributed by atoms with Crippen molar-refractivity contribution in [2.45, 2.75) is 12.3 Å². The molecule has 0 amide bonds. The molecule has 1 unspecified atom stereocenters. The lowest BCUT2D eigenvalue weighted by atomic mass is 9.99. The largest absolute Gasteiger partial charge is 0.478 e. The van der Waals surface area contributed by atoms with Crippen molar-refractivity contribution < 1.29 is 32.2 Å². The Morgan fingerprint density at radius 1 is 1.23 bits per heavy atom. The minimum Gasteiger partial charge on any atom is -0.478 e. The van der Waals surface area contributed by atoms with Crippen LogP contribution in [0.2, 0.25) is 0 Å². The molecule has 7 heteroatoms. The van der Waals surface area contributed by atoms with Crippen molar-refractivity contribution in [3.8, 4) is 17.1 Å². The summed E-state index contributed by atoms with van der Waals surface area (Å²) in [5.74, 6) is -1.18. The van der Waals surface area contributed by atoms with E-state index in [1.54, 1.807) is 18.2 Å². The molecule has 0 aliphatic carbocycles. The standard InChI is InChI=1S/C15H9F3O4/c16-15(17,18)13-10(14(19)20)7-9-6-8(3-4-12(9)22-13)11-2-1-5-21-11/h1-7,13H,(H,19,20). The fraction of sp³-hybridized carbons (Fsp3) is 0.133. The molecule has 0 fully saturated rings. The van der Waals surface area contributed by atoms with Crippen LogP contribution in [0.3, 0.4) is 0 Å². The SMILES string of the molecule is O=C(O)C1=Cc2cc(-c3ccco3)ccc2OC1C(F)(F)F. The summed E-state index contributed by atoms with van der Waals surface area (Å²) in [5, 5.41) is 8.98. The van der Waals surface area contributed by atoms with Gasteiger partial charge >= 0.3 is 12.1 Å². The van der Waals surface area contributed by atoms with E-state index in [4.69, 9.17) is 14.3 Å². The topological polar surface area (TPSA) is 59.7 Å². The predicted molar refractivity (Wildman–Crippen MR) is 70.2 cm³/mol. The molecule has 114 valence electrons. The van der Waals surface area contributed by atoms with Crippen molar-refractivity contribution >= 4 is 12.0 Å². The van der Waals surface area contributed by atoms with Gasteiger partial charge in [0.15, 0.2) is 0 Å². The summed E-state index contributed by atoms with van der Waals surface area (Å²) in [4.78, 5) is 11.1. The summed E-state index contributed by atoms with van der Waals surface area (Å²) in [6, 6.07) is 7.78. The van der Waals surface area contributed by atoms with Gasteiger partial charge in [-0.1, -0.05) is 0 Å². The Labute approximate surface area is 122 Å². The summed E-state index contributed by atoms with van der Waals surface area (Å²) < 4.78 is 48.8. The Balaban J connectivity index is 2.08. The lowest BCUT2D eigenvalue weighted by Crippen LogP contribution is -2.40. The van der Waals surface area contributed by atoms with E-state index in [0.717, 1.165) is 6.08 Å². The van der Waals surface area contributed by atoms with Gasteiger partial charge in [0.2, 0.25) is 6.10 Å². The number of hydrogen-bond donors (Lipinski definition) is 1. The van der Waals surface area contributed by atoms with Crippen LogP contribution in [0.15, 0.2) is 46.6 Å². The molecule has 1 aromatic carbocycles. The van der Waals surface area contributed by atoms with Gasteiger partial charge in [0.25, 0.3) is 0 Å². The Hall–Kier alpha value is -2.70. The third-order valence-corrected chi connectivity index (χ3v) is 3.20. The summed E-state index contributed by atoms with van der Waals surface area (Å²) in [6.07, 6.45) is -4.84. The van der Waals surface area contributed by atoms with Crippen LogP contribution in [0, 0.1) is 0 Å². The molecule has 1 aliphatic rings. The van der Waals surface area contributed by atoms with E-state index >= 15 is 0 Å². The number of ether oxygens (including phenoxy) is 1. The minimum absolute atomic E-state index is 0.0253. The normalized spacial score (nSPS) is 17.4. The lowest BCUT2D eigenvalue weighted by molar-refractivity contribution is -0.187. The molecule has 0 radical (unpaired) electrons. The van der Waals surface area contributed by atoms with E-state index < -0.39 is 23.8 Å². The van der Waals surface area contributed by atoms with Crippen molar-refractivity contribution in [2.75, 3.05) is 0 Å². The first kappa shape index (κ1) is 14.2. The fourth-order valence-corrected chi connectivity index (χ4v) is 2.22. The number of benzene rings is 1. The maximum Gasteiger partial charge on any atom is 0.430 e. The first-order valence-corrected chi connectivity index (χ1v) is 6.22. The average molecular weight is 310 g/mol. The van der Waals surface area contributed by atoms with Gasteiger partial charge in [-0.2, -0.15) is 13.2 Å². The molecule has 1 N–H and O–H groups in total. The highest BCUT2D eigenvalue weighted by Crippen LogP contribution is 2.38. The van der Waals surface area contributed by atoms with Crippen LogP contribution >= 0.6 is 0 Å². The quantitative estimate of drug-likeness (QED) is 0.918. The Morgan fingerprint density at radius 2 is 2.00 bits per heavy atom. The molecule has 22 heavy (non-hydrogen) atoms. The lowest BCUT2D eigenvalue weighted by Gasteiger charge is -2.27. The number of furan rings is 1. The van der Waals surface area contributed by atoms with E-state index in [0.29, 0.717) is 11.3 Å². The summed E-state index contributed by atoms with van der Waals surface area (Å²) >= 11 is 0. The van der Waals surface area contributed by atoms with Crippen LogP contribution < -0.4 is 4.74 Å². The van der Waals surface area contributed by atoms with Gasteiger partial charge in [-0.15, -0.1) is 0 Å². The van der Waals surface area contributed by atoms with E-state index in [1.165, 1.54) is 18.4 Å². The molecule has 0 saturated heterocycles. The smallest absolute Gasteiger partial charge is 0.430 e. The maximum absolute atomic E-state index is 12.9. The molecule has 0 bridgehead atoms. The van der Waals surface area contributed by atoms with E-state index in [1.807, 2.05) is 0 Å². The number of hydrogen-bond acceptors (Lipinski definition) is 3. The number of alkyl halides is 3. The number of carbonyl (C=O) groups is 1. The van der Waals surface area contributed by atoms with Gasteiger partial charge in [-0.3, -0.25) is 0 Å². The van der Waals surface area contributed by atoms with Crippen molar-refractivity contribution in [2.24, 2.45) is 0 Å². The van der Waals surface area contributed by atoms with Gasteiger partial charge in [0.05, 0.1) is 11.8 Å². The first-order valence-electron chi connectivity index (χ1n) is 6.22. The molecule has 0 saturated carbocycles. The first-order chi connectivity index (χ1) is 10.4. The third kappa shape index (κ3) is 2.45. The molecule has 1 atom stereocenters. The van der Waals surface area contributed by atoms with Crippen molar-refractivity contribution in [3.05, 3.63) is 47.7 Å². The molecule has 1 aliphatic heterocycles. The summed E-state index contributed by atoms with van der Waals surface area (Å²) in [5.41, 5.74) is 0.0159. The van der Waals surface area contributed by atoms with Crippen molar-refractivity contribution in [1.29, 1.82) is 0 Å². The second-order valence-corrected chi connectivity index (χ2v) is 4.67. The second-order valence-electron chi connectivity index (χ2n) is 4.67. The zero-order chi connectivity index (χ0) is 15.9. The monoisotopic (exact) mass is 310 g/mol. The Bertz CT molecular complexity index is 745. The highest BCUT2D eigenvalue weighted by molar-refractivity contribution is 5.95. The van der Waals surface area contributed by atoms with E-state index in [2.05, 4.69) is 0 Å². The zero-order valence-corrected chi connectivity index (χ0v) is 10.9. The number of carboxylic acid groups (broad SMARTS) is 1. The van der Waals surface area contributed by atoms with Crippen LogP contribution in [-0.4, -0.2) is 23.4 Å². The highest BCUT2D eigenvalue weighted by atomic mass is 19.4. The van der Waals surface area contributed by atoms with Crippen LogP contribution in [-0.2, 0) is 4.79 Å². The van der Waals surface area contributed by atoms with Gasteiger partial charge in [0.1, 0.15) is 11.5 Å². The van der Waals surface area contributed by atoms with Crippen LogP contribution in [0.25, 0.3) is 17.4 Å². The molecule has 4 nitrogen and oxygen atoms in total. The zero-order valence-electron chi connectivity index (χ0n) is 10.9. The third-order valence-electron chi connectivity index (χ3n) is 3.20. The number of aliphatic carboxylic acids is 1. The molecule has 1 aromatic heterocycles. The molecular formula is C15H9F3O4. The van der Waals surface area contributed by atoms with E-state index in [9.17, 15) is 18.0 Å². The second kappa shape index (κ2) is 4.94. The van der Waals surface area contributed by atoms with Gasteiger partial charge in [-0.25, -0.2) is 4.79 Å². The molecule has 3 rings (SSSR count). The molecule has 0 spiro atoms. The van der Waals surface area contributed by atoms with Crippen molar-refractivity contribution in [3.63, 3.8) is 0 Å². The Morgan fingerprint density at radius 3 is 2.59 bits per heavy atom. The van der Waals surface area contributed by atoms with Crippen LogP contribution in [0.1, 0.15) is 5.56 Å². The highest BCUT2D eigenvalue weighted by Gasteiger charge is 2.48. The number of rotatable bonds is 2. The molecule has 2 heterocycles. The van der Waals surface area contributed by atoms with Gasteiger partial charge in [0, 0.05) is 11.1 Å². The number of halogens is 3. The number of fused-ring (bicyclic) bond motifs is 1. The van der Waals surface area contributed by atoms with Crippen LogP contribution in [0.5, 0.6) is 5.75 Å². The number of carboxylic acids is 1. The molecular weight excluding hydrogens is 301 g/mol. The maximum atomic E-state index is 12.9. The van der Waals surface area contributed by atoms with Gasteiger partial charge in [-0.05, 0) is 36.4 Å².